The van der Waals surface area contributed by atoms with Gasteiger partial charge < -0.3 is 35.2 Å². The molecule has 0 bridgehead atoms. The lowest BCUT2D eigenvalue weighted by atomic mass is 10.6. The normalized spacial score (nSPS) is 10.1. The Morgan fingerprint density at radius 3 is 1.59 bits per heavy atom. The van der Waals surface area contributed by atoms with Gasteiger partial charge in [0.25, 0.3) is 0 Å². The van der Waals surface area contributed by atoms with E-state index in [9.17, 15) is 4.79 Å². The summed E-state index contributed by atoms with van der Waals surface area (Å²) < 4.78 is 23.2. The molecule has 0 rings (SSSR count). The Bertz CT molecular complexity index is 167. The fourth-order valence-electron chi connectivity index (χ4n) is 0.671. The molecule has 1 amide bonds. The van der Waals surface area contributed by atoms with Gasteiger partial charge in [0.15, 0.2) is 12.6 Å². The van der Waals surface area contributed by atoms with Crippen LogP contribution in [0.25, 0.3) is 0 Å². The van der Waals surface area contributed by atoms with Crippen LogP contribution in [0.4, 0.5) is 4.79 Å². The third-order valence-corrected chi connectivity index (χ3v) is 1.61. The van der Waals surface area contributed by atoms with Crippen molar-refractivity contribution in [1.29, 1.82) is 0 Å². The SMILES string of the molecule is COC(CN)OC.COC(COC(N)=O)OC. The number of primary amides is 1. The van der Waals surface area contributed by atoms with Crippen molar-refractivity contribution < 1.29 is 28.5 Å². The Hall–Kier alpha value is -0.930. The Morgan fingerprint density at radius 2 is 1.41 bits per heavy atom. The molecule has 17 heavy (non-hydrogen) atoms. The van der Waals surface area contributed by atoms with E-state index in [1.54, 1.807) is 14.2 Å². The summed E-state index contributed by atoms with van der Waals surface area (Å²) in [5.74, 6) is 0. The highest BCUT2D eigenvalue weighted by atomic mass is 16.7. The molecule has 0 aromatic carbocycles. The van der Waals surface area contributed by atoms with Crippen molar-refractivity contribution in [2.45, 2.75) is 12.6 Å². The molecule has 0 aliphatic rings. The summed E-state index contributed by atoms with van der Waals surface area (Å²) in [5.41, 5.74) is 9.82. The Labute approximate surface area is 101 Å². The summed E-state index contributed by atoms with van der Waals surface area (Å²) in [6.07, 6.45) is -1.61. The van der Waals surface area contributed by atoms with Gasteiger partial charge in [-0.2, -0.15) is 0 Å². The number of carbonyl (C=O) groups is 1. The van der Waals surface area contributed by atoms with Gasteiger partial charge in [-0.15, -0.1) is 0 Å². The van der Waals surface area contributed by atoms with Crippen LogP contribution in [0.5, 0.6) is 0 Å². The summed E-state index contributed by atoms with van der Waals surface area (Å²) in [7, 11) is 6.00. The lowest BCUT2D eigenvalue weighted by Crippen LogP contribution is -2.24. The first kappa shape index (κ1) is 18.4. The highest BCUT2D eigenvalue weighted by Gasteiger charge is 2.05. The molecule has 0 saturated heterocycles. The van der Waals surface area contributed by atoms with Gasteiger partial charge >= 0.3 is 6.09 Å². The predicted octanol–water partition coefficient (Wildman–Crippen LogP) is -0.735. The lowest BCUT2D eigenvalue weighted by Gasteiger charge is -2.11. The van der Waals surface area contributed by atoms with Crippen LogP contribution in [0, 0.1) is 0 Å². The molecule has 0 saturated carbocycles. The van der Waals surface area contributed by atoms with Crippen molar-refractivity contribution in [3.8, 4) is 0 Å². The average molecular weight is 254 g/mol. The minimum absolute atomic E-state index is 0.0162. The van der Waals surface area contributed by atoms with Crippen LogP contribution in [0.15, 0.2) is 0 Å². The number of rotatable bonds is 7. The number of hydrogen-bond acceptors (Lipinski definition) is 7. The number of methoxy groups -OCH3 is 4. The number of hydrogen-bond donors (Lipinski definition) is 2. The van der Waals surface area contributed by atoms with E-state index in [1.807, 2.05) is 0 Å². The zero-order valence-electron chi connectivity index (χ0n) is 10.7. The summed E-state index contributed by atoms with van der Waals surface area (Å²) in [6, 6.07) is 0. The number of carbonyl (C=O) groups excluding carboxylic acids is 1. The molecule has 0 aromatic rings. The van der Waals surface area contributed by atoms with Gasteiger partial charge in [0.1, 0.15) is 6.61 Å². The van der Waals surface area contributed by atoms with Crippen molar-refractivity contribution in [2.75, 3.05) is 41.6 Å². The number of nitrogens with two attached hydrogens (primary N) is 2. The quantitative estimate of drug-likeness (QED) is 0.575. The zero-order chi connectivity index (χ0) is 13.7. The van der Waals surface area contributed by atoms with Crippen LogP contribution < -0.4 is 11.5 Å². The maximum atomic E-state index is 10.0. The molecule has 0 atom stereocenters. The molecule has 0 radical (unpaired) electrons. The van der Waals surface area contributed by atoms with Crippen molar-refractivity contribution >= 4 is 6.09 Å². The monoisotopic (exact) mass is 254 g/mol. The number of amides is 1. The van der Waals surface area contributed by atoms with Crippen molar-refractivity contribution in [2.24, 2.45) is 11.5 Å². The minimum Gasteiger partial charge on any atom is -0.444 e. The third-order valence-electron chi connectivity index (χ3n) is 1.61. The summed E-state index contributed by atoms with van der Waals surface area (Å²) in [6.45, 7) is 0.426. The van der Waals surface area contributed by atoms with Gasteiger partial charge in [-0.1, -0.05) is 0 Å². The predicted molar refractivity (Wildman–Crippen MR) is 60.2 cm³/mol. The second kappa shape index (κ2) is 13.1. The molecule has 8 heteroatoms. The van der Waals surface area contributed by atoms with Crippen molar-refractivity contribution in [3.63, 3.8) is 0 Å². The summed E-state index contributed by atoms with van der Waals surface area (Å²) in [5, 5.41) is 0. The second-order valence-corrected chi connectivity index (χ2v) is 2.67. The highest BCUT2D eigenvalue weighted by Crippen LogP contribution is 1.90. The van der Waals surface area contributed by atoms with Crippen LogP contribution >= 0.6 is 0 Å². The van der Waals surface area contributed by atoms with Gasteiger partial charge in [-0.25, -0.2) is 4.79 Å². The molecule has 0 spiro atoms. The van der Waals surface area contributed by atoms with E-state index < -0.39 is 12.4 Å². The van der Waals surface area contributed by atoms with E-state index in [-0.39, 0.29) is 12.9 Å². The van der Waals surface area contributed by atoms with E-state index in [0.29, 0.717) is 6.54 Å². The standard InChI is InChI=1S/C5H11NO4.C4H11NO2/c1-8-4(9-2)3-10-5(6)7;1-6-4(3-5)7-2/h4H,3H2,1-2H3,(H2,6,7);4H,3,5H2,1-2H3. The lowest BCUT2D eigenvalue weighted by molar-refractivity contribution is -0.127. The molecule has 0 aromatic heterocycles. The molecular formula is C9H22N2O6. The molecule has 0 heterocycles. The average Bonchev–Trinajstić information content (AvgIpc) is 2.33. The van der Waals surface area contributed by atoms with Gasteiger partial charge in [0.2, 0.25) is 0 Å². The molecule has 0 unspecified atom stereocenters. The molecule has 0 aliphatic heterocycles. The topological polar surface area (TPSA) is 115 Å². The molecule has 0 fully saturated rings. The smallest absolute Gasteiger partial charge is 0.404 e. The van der Waals surface area contributed by atoms with Crippen molar-refractivity contribution in [3.05, 3.63) is 0 Å². The summed E-state index contributed by atoms with van der Waals surface area (Å²) >= 11 is 0. The maximum absolute atomic E-state index is 10.0. The van der Waals surface area contributed by atoms with Crippen LogP contribution in [-0.4, -0.2) is 60.3 Å². The molecule has 4 N–H and O–H groups in total. The first-order valence-corrected chi connectivity index (χ1v) is 4.79. The Morgan fingerprint density at radius 1 is 1.00 bits per heavy atom. The van der Waals surface area contributed by atoms with Gasteiger partial charge in [0.05, 0.1) is 0 Å². The largest absolute Gasteiger partial charge is 0.444 e. The zero-order valence-corrected chi connectivity index (χ0v) is 10.7. The van der Waals surface area contributed by atoms with Gasteiger partial charge in [-0.3, -0.25) is 0 Å². The fourth-order valence-corrected chi connectivity index (χ4v) is 0.671. The third kappa shape index (κ3) is 13.0. The molecule has 8 nitrogen and oxygen atoms in total. The van der Waals surface area contributed by atoms with Crippen LogP contribution in [0.3, 0.4) is 0 Å². The minimum atomic E-state index is -0.834. The fraction of sp³-hybridized carbons (Fsp3) is 0.889. The van der Waals surface area contributed by atoms with E-state index in [2.05, 4.69) is 10.5 Å². The maximum Gasteiger partial charge on any atom is 0.404 e. The van der Waals surface area contributed by atoms with Crippen molar-refractivity contribution in [1.82, 2.24) is 0 Å². The van der Waals surface area contributed by atoms with Gasteiger partial charge in [0, 0.05) is 35.0 Å². The molecule has 104 valence electrons. The first-order chi connectivity index (χ1) is 8.05. The van der Waals surface area contributed by atoms with Gasteiger partial charge in [-0.05, 0) is 0 Å². The summed E-state index contributed by atoms with van der Waals surface area (Å²) in [4.78, 5) is 10.0. The van der Waals surface area contributed by atoms with E-state index in [4.69, 9.17) is 24.7 Å². The van der Waals surface area contributed by atoms with Crippen LogP contribution in [0.1, 0.15) is 0 Å². The Kier molecular flexibility index (Phi) is 14.2. The second-order valence-electron chi connectivity index (χ2n) is 2.67. The first-order valence-electron chi connectivity index (χ1n) is 4.79. The van der Waals surface area contributed by atoms with Crippen LogP contribution in [0.2, 0.25) is 0 Å². The van der Waals surface area contributed by atoms with E-state index >= 15 is 0 Å². The Balaban J connectivity index is 0. The molecule has 0 aliphatic carbocycles. The van der Waals surface area contributed by atoms with E-state index in [1.165, 1.54) is 14.2 Å². The van der Waals surface area contributed by atoms with E-state index in [0.717, 1.165) is 0 Å². The number of ether oxygens (including phenoxy) is 5. The molecular weight excluding hydrogens is 232 g/mol. The highest BCUT2D eigenvalue weighted by molar-refractivity contribution is 5.64. The van der Waals surface area contributed by atoms with Crippen LogP contribution in [-0.2, 0) is 23.7 Å².